The van der Waals surface area contributed by atoms with E-state index in [0.717, 1.165) is 5.56 Å². The van der Waals surface area contributed by atoms with Gasteiger partial charge in [0.25, 0.3) is 5.91 Å². The molecular formula is C20H21FN6O3. The second-order valence-corrected chi connectivity index (χ2v) is 7.19. The van der Waals surface area contributed by atoms with Gasteiger partial charge in [-0.05, 0) is 50.1 Å². The highest BCUT2D eigenvalue weighted by Crippen LogP contribution is 2.22. The Hall–Kier alpha value is -3.56. The van der Waals surface area contributed by atoms with E-state index in [1.807, 2.05) is 0 Å². The topological polar surface area (TPSA) is 117 Å². The van der Waals surface area contributed by atoms with E-state index in [1.54, 1.807) is 30.0 Å². The van der Waals surface area contributed by atoms with Crippen molar-refractivity contribution in [3.05, 3.63) is 53.6 Å². The van der Waals surface area contributed by atoms with Crippen LogP contribution in [-0.4, -0.2) is 50.1 Å². The number of amides is 2. The van der Waals surface area contributed by atoms with Crippen LogP contribution in [0.5, 0.6) is 0 Å². The predicted molar refractivity (Wildman–Crippen MR) is 103 cm³/mol. The molecule has 1 aliphatic rings. The van der Waals surface area contributed by atoms with Crippen molar-refractivity contribution in [1.29, 1.82) is 0 Å². The minimum Gasteiger partial charge on any atom is -0.347 e. The minimum absolute atomic E-state index is 0.0851. The molecule has 9 nitrogen and oxygen atoms in total. The second-order valence-electron chi connectivity index (χ2n) is 7.19. The van der Waals surface area contributed by atoms with Crippen molar-refractivity contribution in [2.24, 2.45) is 5.92 Å². The van der Waals surface area contributed by atoms with Crippen LogP contribution in [0.2, 0.25) is 0 Å². The lowest BCUT2D eigenvalue weighted by Crippen LogP contribution is -2.43. The standard InChI is InChI=1S/C20H21FN6O3/c1-12-23-18(30-26-12)11-22-19(28)14-6-8-27(9-7-14)20(29)17-10-16(24-25-17)13-2-4-15(21)5-3-13/h2-5,10,14H,6-9,11H2,1H3,(H,22,28)(H,24,25). The van der Waals surface area contributed by atoms with Crippen LogP contribution in [0, 0.1) is 18.7 Å². The lowest BCUT2D eigenvalue weighted by Gasteiger charge is -2.30. The number of nitrogens with one attached hydrogen (secondary N) is 2. The molecule has 0 bridgehead atoms. The second kappa shape index (κ2) is 8.44. The Balaban J connectivity index is 1.30. The van der Waals surface area contributed by atoms with Gasteiger partial charge in [-0.25, -0.2) is 4.39 Å². The lowest BCUT2D eigenvalue weighted by molar-refractivity contribution is -0.126. The number of carbonyl (C=O) groups excluding carboxylic acids is 2. The summed E-state index contributed by atoms with van der Waals surface area (Å²) in [5, 5.41) is 13.4. The number of halogens is 1. The van der Waals surface area contributed by atoms with Gasteiger partial charge in [0.05, 0.1) is 12.2 Å². The van der Waals surface area contributed by atoms with Gasteiger partial charge in [-0.3, -0.25) is 14.7 Å². The highest BCUT2D eigenvalue weighted by molar-refractivity contribution is 5.93. The molecule has 2 N–H and O–H groups in total. The number of likely N-dealkylation sites (tertiary alicyclic amines) is 1. The van der Waals surface area contributed by atoms with Crippen LogP contribution in [0.15, 0.2) is 34.9 Å². The molecule has 3 heterocycles. The molecule has 1 saturated heterocycles. The Morgan fingerprint density at radius 1 is 1.27 bits per heavy atom. The fourth-order valence-electron chi connectivity index (χ4n) is 3.43. The maximum atomic E-state index is 13.1. The Bertz CT molecular complexity index is 1040. The molecule has 30 heavy (non-hydrogen) atoms. The number of H-pyrrole nitrogens is 1. The van der Waals surface area contributed by atoms with Crippen LogP contribution >= 0.6 is 0 Å². The summed E-state index contributed by atoms with van der Waals surface area (Å²) >= 11 is 0. The first-order chi connectivity index (χ1) is 14.5. The number of aryl methyl sites for hydroxylation is 1. The van der Waals surface area contributed by atoms with Gasteiger partial charge in [-0.1, -0.05) is 5.16 Å². The Labute approximate surface area is 171 Å². The Morgan fingerprint density at radius 3 is 2.67 bits per heavy atom. The number of hydrogen-bond acceptors (Lipinski definition) is 6. The smallest absolute Gasteiger partial charge is 0.271 e. The highest BCUT2D eigenvalue weighted by Gasteiger charge is 2.28. The first-order valence-corrected chi connectivity index (χ1v) is 9.67. The van der Waals surface area contributed by atoms with Crippen LogP contribution in [0.25, 0.3) is 11.3 Å². The summed E-state index contributed by atoms with van der Waals surface area (Å²) < 4.78 is 18.1. The molecule has 0 atom stereocenters. The first kappa shape index (κ1) is 19.7. The maximum absolute atomic E-state index is 13.1. The molecule has 2 aromatic heterocycles. The van der Waals surface area contributed by atoms with Gasteiger partial charge in [0.2, 0.25) is 11.8 Å². The van der Waals surface area contributed by atoms with E-state index in [9.17, 15) is 14.0 Å². The summed E-state index contributed by atoms with van der Waals surface area (Å²) in [4.78, 5) is 30.9. The highest BCUT2D eigenvalue weighted by atomic mass is 19.1. The van der Waals surface area contributed by atoms with Crippen LogP contribution in [0.1, 0.15) is 35.0 Å². The molecule has 10 heteroatoms. The Kier molecular flexibility index (Phi) is 5.55. The monoisotopic (exact) mass is 412 g/mol. The number of benzene rings is 1. The molecule has 0 unspecified atom stereocenters. The molecular weight excluding hydrogens is 391 g/mol. The largest absolute Gasteiger partial charge is 0.347 e. The molecule has 1 fully saturated rings. The molecule has 0 aliphatic carbocycles. The van der Waals surface area contributed by atoms with Gasteiger partial charge in [0, 0.05) is 24.6 Å². The SMILES string of the molecule is Cc1noc(CNC(=O)C2CCN(C(=O)c3cc(-c4ccc(F)cc4)n[nH]3)CC2)n1. The van der Waals surface area contributed by atoms with Gasteiger partial charge in [-0.15, -0.1) is 0 Å². The third kappa shape index (κ3) is 4.37. The van der Waals surface area contributed by atoms with E-state index < -0.39 is 0 Å². The predicted octanol–water partition coefficient (Wildman–Crippen LogP) is 2.08. The van der Waals surface area contributed by atoms with Crippen molar-refractivity contribution in [3.8, 4) is 11.3 Å². The van der Waals surface area contributed by atoms with Crippen LogP contribution in [-0.2, 0) is 11.3 Å². The number of carbonyl (C=O) groups is 2. The molecule has 0 saturated carbocycles. The van der Waals surface area contributed by atoms with Gasteiger partial charge >= 0.3 is 0 Å². The molecule has 1 aliphatic heterocycles. The average Bonchev–Trinajstić information content (AvgIpc) is 3.41. The van der Waals surface area contributed by atoms with E-state index >= 15 is 0 Å². The van der Waals surface area contributed by atoms with Crippen molar-refractivity contribution < 1.29 is 18.5 Å². The minimum atomic E-state index is -0.329. The summed E-state index contributed by atoms with van der Waals surface area (Å²) in [6.45, 7) is 2.85. The zero-order valence-corrected chi connectivity index (χ0v) is 16.4. The van der Waals surface area contributed by atoms with E-state index in [-0.39, 0.29) is 30.1 Å². The molecule has 4 rings (SSSR count). The summed E-state index contributed by atoms with van der Waals surface area (Å²) in [5.74, 6) is 0.130. The molecule has 0 radical (unpaired) electrons. The maximum Gasteiger partial charge on any atom is 0.271 e. The van der Waals surface area contributed by atoms with Crippen LogP contribution in [0.4, 0.5) is 4.39 Å². The summed E-state index contributed by atoms with van der Waals surface area (Å²) in [6, 6.07) is 7.57. The van der Waals surface area contributed by atoms with Crippen LogP contribution < -0.4 is 5.32 Å². The van der Waals surface area contributed by atoms with E-state index in [2.05, 4.69) is 25.7 Å². The number of aromatic amines is 1. The number of rotatable bonds is 5. The molecule has 3 aromatic rings. The fourth-order valence-corrected chi connectivity index (χ4v) is 3.43. The number of aromatic nitrogens is 4. The van der Waals surface area contributed by atoms with Crippen molar-refractivity contribution in [2.75, 3.05) is 13.1 Å². The number of piperidine rings is 1. The number of hydrogen-bond donors (Lipinski definition) is 2. The van der Waals surface area contributed by atoms with E-state index in [0.29, 0.717) is 49.0 Å². The van der Waals surface area contributed by atoms with Gasteiger partial charge in [-0.2, -0.15) is 10.1 Å². The first-order valence-electron chi connectivity index (χ1n) is 9.67. The zero-order valence-electron chi connectivity index (χ0n) is 16.4. The summed E-state index contributed by atoms with van der Waals surface area (Å²) in [7, 11) is 0. The third-order valence-electron chi connectivity index (χ3n) is 5.08. The number of nitrogens with zero attached hydrogens (tertiary/aromatic N) is 4. The Morgan fingerprint density at radius 2 is 2.00 bits per heavy atom. The summed E-state index contributed by atoms with van der Waals surface area (Å²) in [5.41, 5.74) is 1.66. The summed E-state index contributed by atoms with van der Waals surface area (Å²) in [6.07, 6.45) is 1.14. The van der Waals surface area contributed by atoms with Gasteiger partial charge in [0.1, 0.15) is 11.5 Å². The molecule has 156 valence electrons. The van der Waals surface area contributed by atoms with Gasteiger partial charge in [0.15, 0.2) is 5.82 Å². The van der Waals surface area contributed by atoms with Crippen molar-refractivity contribution in [1.82, 2.24) is 30.6 Å². The third-order valence-corrected chi connectivity index (χ3v) is 5.08. The zero-order chi connectivity index (χ0) is 21.1. The van der Waals surface area contributed by atoms with Crippen LogP contribution in [0.3, 0.4) is 0 Å². The van der Waals surface area contributed by atoms with E-state index in [1.165, 1.54) is 12.1 Å². The molecule has 1 aromatic carbocycles. The average molecular weight is 412 g/mol. The van der Waals surface area contributed by atoms with E-state index in [4.69, 9.17) is 4.52 Å². The quantitative estimate of drug-likeness (QED) is 0.663. The van der Waals surface area contributed by atoms with Crippen molar-refractivity contribution in [3.63, 3.8) is 0 Å². The van der Waals surface area contributed by atoms with Crippen molar-refractivity contribution in [2.45, 2.75) is 26.3 Å². The molecule has 2 amide bonds. The fraction of sp³-hybridized carbons (Fsp3) is 0.350. The normalized spacial score (nSPS) is 14.7. The van der Waals surface area contributed by atoms with Crippen molar-refractivity contribution >= 4 is 11.8 Å². The lowest BCUT2D eigenvalue weighted by atomic mass is 9.95. The van der Waals surface area contributed by atoms with Gasteiger partial charge < -0.3 is 14.7 Å². The molecule has 0 spiro atoms.